The van der Waals surface area contributed by atoms with E-state index in [4.69, 9.17) is 0 Å². The van der Waals surface area contributed by atoms with Gasteiger partial charge in [0.15, 0.2) is 0 Å². The fraction of sp³-hybridized carbons (Fsp3) is 0.200. The van der Waals surface area contributed by atoms with Crippen molar-refractivity contribution >= 4 is 12.4 Å². The molecule has 0 aliphatic heterocycles. The Hall–Kier alpha value is 0.120. The van der Waals surface area contributed by atoms with Gasteiger partial charge in [-0.2, -0.15) is 0 Å². The van der Waals surface area contributed by atoms with Crippen molar-refractivity contribution in [2.45, 2.75) is 12.8 Å². The molecule has 0 aromatic carbocycles. The number of allylic oxidation sites excluding steroid dienone is 8. The molecule has 0 aromatic heterocycles. The second-order valence-corrected chi connectivity index (χ2v) is 8.29. The maximum atomic E-state index is 2.32. The van der Waals surface area contributed by atoms with Crippen molar-refractivity contribution in [3.8, 4) is 0 Å². The minimum atomic E-state index is -0.526. The molecule has 62 valence electrons. The van der Waals surface area contributed by atoms with Gasteiger partial charge in [0, 0.05) is 0 Å². The summed E-state index contributed by atoms with van der Waals surface area (Å²) >= 11 is -0.526. The molecule has 0 unspecified atom stereocenters. The number of hydrogen-bond donors (Lipinski definition) is 0. The molecule has 2 heteroatoms. The number of rotatable bonds is 2. The van der Waals surface area contributed by atoms with Crippen LogP contribution in [0.4, 0.5) is 0 Å². The zero-order valence-electron chi connectivity index (χ0n) is 6.79. The molecule has 0 bridgehead atoms. The summed E-state index contributed by atoms with van der Waals surface area (Å²) < 4.78 is 3.50. The van der Waals surface area contributed by atoms with Crippen LogP contribution in [0.1, 0.15) is 12.8 Å². The maximum absolute atomic E-state index is 2.32. The molecule has 0 saturated heterocycles. The normalized spacial score (nSPS) is 18.7. The maximum Gasteiger partial charge on any atom is -0.147 e. The number of halogens is 1. The van der Waals surface area contributed by atoms with Crippen molar-refractivity contribution in [3.05, 3.63) is 43.1 Å². The van der Waals surface area contributed by atoms with Crippen molar-refractivity contribution in [1.82, 2.24) is 0 Å². The van der Waals surface area contributed by atoms with E-state index in [1.54, 1.807) is 6.66 Å². The minimum Gasteiger partial charge on any atom is -0.147 e. The average Bonchev–Trinajstić information content (AvgIpc) is 2.60. The van der Waals surface area contributed by atoms with E-state index in [0.29, 0.717) is 0 Å². The van der Waals surface area contributed by atoms with E-state index in [1.807, 2.05) is 0 Å². The summed E-state index contributed by atoms with van der Waals surface area (Å²) in [6.45, 7) is 0. The third-order valence-electron chi connectivity index (χ3n) is 1.86. The Morgan fingerprint density at radius 1 is 0.917 bits per heavy atom. The van der Waals surface area contributed by atoms with Crippen molar-refractivity contribution in [3.63, 3.8) is 0 Å². The van der Waals surface area contributed by atoms with Gasteiger partial charge >= 0.3 is 78.9 Å². The van der Waals surface area contributed by atoms with Gasteiger partial charge in [0.2, 0.25) is 0 Å². The molecule has 2 aliphatic carbocycles. The summed E-state index contributed by atoms with van der Waals surface area (Å²) in [6, 6.07) is 0. The average molecular weight is 345 g/mol. The van der Waals surface area contributed by atoms with E-state index >= 15 is 0 Å². The largest absolute Gasteiger partial charge is 0.147 e. The first-order chi connectivity index (χ1) is 5.45. The molecule has 0 amide bonds. The Kier molecular flexibility index (Phi) is 4.24. The van der Waals surface area contributed by atoms with Crippen LogP contribution in [0.25, 0.3) is 0 Å². The first kappa shape index (κ1) is 10.2. The van der Waals surface area contributed by atoms with E-state index in [1.165, 1.54) is 12.8 Å². The quantitative estimate of drug-likeness (QED) is 0.675. The van der Waals surface area contributed by atoms with Gasteiger partial charge < -0.3 is 0 Å². The Morgan fingerprint density at radius 2 is 1.42 bits per heavy atom. The molecule has 2 aliphatic rings. The summed E-state index contributed by atoms with van der Waals surface area (Å²) in [5.74, 6) is 0. The molecule has 0 radical (unpaired) electrons. The van der Waals surface area contributed by atoms with Crippen LogP contribution in [0.5, 0.6) is 0 Å². The van der Waals surface area contributed by atoms with Crippen LogP contribution in [0.3, 0.4) is 0 Å². The van der Waals surface area contributed by atoms with E-state index in [0.717, 1.165) is 0 Å². The van der Waals surface area contributed by atoms with Gasteiger partial charge in [-0.25, -0.2) is 0 Å². The minimum absolute atomic E-state index is 0. The Labute approximate surface area is 90.9 Å². The molecule has 0 heterocycles. The van der Waals surface area contributed by atoms with Gasteiger partial charge in [0.05, 0.1) is 0 Å². The molecule has 0 fully saturated rings. The third kappa shape index (κ3) is 2.56. The SMILES string of the molecule is C1=CC[C]([Hf][C]2=CC=CC2)=C1.Cl. The van der Waals surface area contributed by atoms with Gasteiger partial charge in [0.25, 0.3) is 0 Å². The van der Waals surface area contributed by atoms with E-state index < -0.39 is 22.9 Å². The molecule has 0 atom stereocenters. The van der Waals surface area contributed by atoms with Crippen LogP contribution in [0.2, 0.25) is 0 Å². The second-order valence-electron chi connectivity index (χ2n) is 2.77. The van der Waals surface area contributed by atoms with Crippen LogP contribution >= 0.6 is 12.4 Å². The molecule has 0 N–H and O–H groups in total. The van der Waals surface area contributed by atoms with Crippen molar-refractivity contribution in [2.24, 2.45) is 0 Å². The first-order valence-corrected chi connectivity index (χ1v) is 7.53. The predicted octanol–water partition coefficient (Wildman–Crippen LogP) is 3.18. The van der Waals surface area contributed by atoms with Crippen LogP contribution in [-0.4, -0.2) is 0 Å². The summed E-state index contributed by atoms with van der Waals surface area (Å²) in [6.07, 6.45) is 16.1. The van der Waals surface area contributed by atoms with Crippen molar-refractivity contribution in [2.75, 3.05) is 0 Å². The zero-order valence-corrected chi connectivity index (χ0v) is 11.2. The van der Waals surface area contributed by atoms with Gasteiger partial charge in [-0.1, -0.05) is 0 Å². The Morgan fingerprint density at radius 3 is 1.75 bits per heavy atom. The first-order valence-electron chi connectivity index (χ1n) is 3.93. The molecule has 12 heavy (non-hydrogen) atoms. The summed E-state index contributed by atoms with van der Waals surface area (Å²) in [5.41, 5.74) is 0. The summed E-state index contributed by atoms with van der Waals surface area (Å²) in [4.78, 5) is 0. The molecular formula is C10H11ClHf. The topological polar surface area (TPSA) is 0 Å². The van der Waals surface area contributed by atoms with Crippen molar-refractivity contribution in [1.29, 1.82) is 0 Å². The smallest absolute Gasteiger partial charge is 0.147 e. The van der Waals surface area contributed by atoms with E-state index in [2.05, 4.69) is 36.5 Å². The fourth-order valence-corrected chi connectivity index (χ4v) is 5.64. The third-order valence-corrected chi connectivity index (χ3v) is 6.84. The zero-order chi connectivity index (χ0) is 7.52. The molecule has 0 saturated carbocycles. The summed E-state index contributed by atoms with van der Waals surface area (Å²) in [7, 11) is 0. The van der Waals surface area contributed by atoms with Gasteiger partial charge in [0.1, 0.15) is 0 Å². The number of hydrogen-bond acceptors (Lipinski definition) is 0. The second kappa shape index (κ2) is 4.98. The van der Waals surface area contributed by atoms with Crippen LogP contribution in [0, 0.1) is 0 Å². The molecule has 0 spiro atoms. The van der Waals surface area contributed by atoms with Crippen LogP contribution in [0.15, 0.2) is 43.1 Å². The molecular weight excluding hydrogens is 334 g/mol. The van der Waals surface area contributed by atoms with Gasteiger partial charge in [-0.15, -0.1) is 12.4 Å². The van der Waals surface area contributed by atoms with E-state index in [9.17, 15) is 0 Å². The Bertz CT molecular complexity index is 244. The fourth-order valence-electron chi connectivity index (χ4n) is 1.29. The van der Waals surface area contributed by atoms with Gasteiger partial charge in [-0.05, 0) is 0 Å². The van der Waals surface area contributed by atoms with E-state index in [-0.39, 0.29) is 12.4 Å². The summed E-state index contributed by atoms with van der Waals surface area (Å²) in [5, 5.41) is 0. The van der Waals surface area contributed by atoms with Crippen molar-refractivity contribution < 1.29 is 22.9 Å². The molecule has 0 nitrogen and oxygen atoms in total. The monoisotopic (exact) mass is 346 g/mol. The predicted molar refractivity (Wildman–Crippen MR) is 50.9 cm³/mol. The molecule has 0 aromatic rings. The van der Waals surface area contributed by atoms with Crippen LogP contribution < -0.4 is 0 Å². The van der Waals surface area contributed by atoms with Crippen LogP contribution in [-0.2, 0) is 22.9 Å². The Balaban J connectivity index is 0.000000720. The molecule has 2 rings (SSSR count). The standard InChI is InChI=1S/2C5H5.ClH.Hf/c2*1-2-4-5-3-1;;/h2*1-3H,4H2;1H;. The van der Waals surface area contributed by atoms with Gasteiger partial charge in [-0.3, -0.25) is 0 Å².